The van der Waals surface area contributed by atoms with Crippen LogP contribution in [0.25, 0.3) is 0 Å². The first-order valence-electron chi connectivity index (χ1n) is 12.0. The number of hydrogen-bond donors (Lipinski definition) is 1. The number of amides is 2. The lowest BCUT2D eigenvalue weighted by Crippen LogP contribution is -2.50. The summed E-state index contributed by atoms with van der Waals surface area (Å²) in [6.07, 6.45) is 1.40. The Bertz CT molecular complexity index is 895. The molecule has 188 valence electrons. The zero-order valence-electron chi connectivity index (χ0n) is 21.8. The zero-order valence-corrected chi connectivity index (χ0v) is 21.8. The molecule has 2 fully saturated rings. The summed E-state index contributed by atoms with van der Waals surface area (Å²) >= 11 is 0. The van der Waals surface area contributed by atoms with Gasteiger partial charge in [-0.15, -0.1) is 0 Å². The largest absolute Gasteiger partial charge is 0.496 e. The van der Waals surface area contributed by atoms with Gasteiger partial charge in [0.1, 0.15) is 11.4 Å². The van der Waals surface area contributed by atoms with Crippen LogP contribution < -0.4 is 15.5 Å². The molecule has 0 bridgehead atoms. The van der Waals surface area contributed by atoms with Crippen LogP contribution in [0.1, 0.15) is 66.9 Å². The molecule has 9 heteroatoms. The number of likely N-dealkylation sites (tertiary alicyclic amines) is 1. The van der Waals surface area contributed by atoms with Crippen LogP contribution in [0, 0.1) is 0 Å². The maximum Gasteiger partial charge on any atom is 0.494 e. The van der Waals surface area contributed by atoms with Crippen LogP contribution in [0.2, 0.25) is 0 Å². The normalized spacial score (nSPS) is 21.8. The smallest absolute Gasteiger partial charge is 0.494 e. The molecule has 0 spiro atoms. The minimum Gasteiger partial charge on any atom is -0.496 e. The van der Waals surface area contributed by atoms with E-state index in [1.807, 2.05) is 66.7 Å². The molecule has 2 aliphatic heterocycles. The molecular weight excluding hydrogens is 435 g/mol. The average Bonchev–Trinajstić information content (AvgIpc) is 2.94. The van der Waals surface area contributed by atoms with E-state index in [-0.39, 0.29) is 18.4 Å². The first kappa shape index (κ1) is 26.4. The van der Waals surface area contributed by atoms with Crippen LogP contribution in [-0.2, 0) is 25.3 Å². The number of nitrogens with zero attached hydrogens (tertiary/aromatic N) is 1. The number of rotatable bonds is 5. The summed E-state index contributed by atoms with van der Waals surface area (Å²) in [4.78, 5) is 27.0. The van der Waals surface area contributed by atoms with Gasteiger partial charge in [-0.3, -0.25) is 4.79 Å². The minimum atomic E-state index is -0.558. The molecule has 0 radical (unpaired) electrons. The highest BCUT2D eigenvalue weighted by Crippen LogP contribution is 2.36. The number of alkyl carbamates (subject to hydrolysis) is 1. The summed E-state index contributed by atoms with van der Waals surface area (Å²) in [7, 11) is 1.10. The van der Waals surface area contributed by atoms with Crippen molar-refractivity contribution >= 4 is 24.6 Å². The number of carbonyl (C=O) groups is 2. The fourth-order valence-corrected chi connectivity index (χ4v) is 4.10. The second-order valence-electron chi connectivity index (χ2n) is 11.2. The summed E-state index contributed by atoms with van der Waals surface area (Å²) in [6, 6.07) is 5.59. The summed E-state index contributed by atoms with van der Waals surface area (Å²) in [5.41, 5.74) is 0.230. The van der Waals surface area contributed by atoms with Crippen molar-refractivity contribution in [1.29, 1.82) is 0 Å². The van der Waals surface area contributed by atoms with E-state index in [9.17, 15) is 9.59 Å². The van der Waals surface area contributed by atoms with Gasteiger partial charge in [-0.2, -0.15) is 0 Å². The molecule has 2 aliphatic rings. The molecule has 1 aromatic carbocycles. The van der Waals surface area contributed by atoms with Gasteiger partial charge in [0.2, 0.25) is 5.91 Å². The zero-order chi connectivity index (χ0) is 25.3. The fraction of sp³-hybridized carbons (Fsp3) is 0.680. The predicted octanol–water partition coefficient (Wildman–Crippen LogP) is 3.05. The molecule has 0 unspecified atom stereocenters. The van der Waals surface area contributed by atoms with Crippen molar-refractivity contribution in [1.82, 2.24) is 10.2 Å². The number of methoxy groups -OCH3 is 1. The molecule has 0 saturated carbocycles. The summed E-state index contributed by atoms with van der Waals surface area (Å²) < 4.78 is 23.2. The van der Waals surface area contributed by atoms with Crippen molar-refractivity contribution in [3.05, 3.63) is 23.8 Å². The highest BCUT2D eigenvalue weighted by Gasteiger charge is 2.51. The molecule has 1 atom stereocenters. The highest BCUT2D eigenvalue weighted by atomic mass is 16.7. The van der Waals surface area contributed by atoms with Crippen molar-refractivity contribution in [3.8, 4) is 5.75 Å². The Kier molecular flexibility index (Phi) is 7.58. The maximum absolute atomic E-state index is 13.1. The van der Waals surface area contributed by atoms with E-state index in [1.165, 1.54) is 0 Å². The lowest BCUT2D eigenvalue weighted by Gasteiger charge is -2.33. The quantitative estimate of drug-likeness (QED) is 0.661. The predicted molar refractivity (Wildman–Crippen MR) is 131 cm³/mol. The number of benzene rings is 1. The third kappa shape index (κ3) is 6.24. The molecule has 34 heavy (non-hydrogen) atoms. The van der Waals surface area contributed by atoms with Gasteiger partial charge < -0.3 is 29.0 Å². The third-order valence-corrected chi connectivity index (χ3v) is 6.67. The lowest BCUT2D eigenvalue weighted by atomic mass is 9.78. The monoisotopic (exact) mass is 474 g/mol. The van der Waals surface area contributed by atoms with E-state index < -0.39 is 30.0 Å². The first-order chi connectivity index (χ1) is 15.7. The van der Waals surface area contributed by atoms with Gasteiger partial charge in [0.15, 0.2) is 0 Å². The van der Waals surface area contributed by atoms with E-state index in [0.29, 0.717) is 18.8 Å². The molecule has 2 heterocycles. The van der Waals surface area contributed by atoms with Crippen molar-refractivity contribution in [2.45, 2.75) is 90.6 Å². The Balaban J connectivity index is 1.64. The van der Waals surface area contributed by atoms with E-state index in [4.69, 9.17) is 18.8 Å². The summed E-state index contributed by atoms with van der Waals surface area (Å²) in [5.74, 6) is 0.623. The van der Waals surface area contributed by atoms with Crippen LogP contribution >= 0.6 is 0 Å². The Morgan fingerprint density at radius 1 is 1.18 bits per heavy atom. The molecule has 0 aliphatic carbocycles. The standard InChI is InChI=1S/C25H39BN2O6/c1-23(2,3)32-22(30)27-19-10-9-13-28(16-19)21(29)14-17-11-12-18(15-20(17)31-8)26-33-24(4,5)25(6,7)34-26/h11-12,15,19H,9-10,13-14,16H2,1-8H3,(H,27,30)/t19-/m1/s1. The number of ether oxygens (including phenoxy) is 2. The van der Waals surface area contributed by atoms with Crippen LogP contribution in [-0.4, -0.2) is 67.1 Å². The lowest BCUT2D eigenvalue weighted by molar-refractivity contribution is -0.131. The first-order valence-corrected chi connectivity index (χ1v) is 12.0. The SMILES string of the molecule is COc1cc(B2OC(C)(C)C(C)(C)O2)ccc1CC(=O)N1CCC[C@@H](NC(=O)OC(C)(C)C)C1. The molecule has 0 aromatic heterocycles. The average molecular weight is 474 g/mol. The second kappa shape index (κ2) is 9.78. The van der Waals surface area contributed by atoms with Crippen LogP contribution in [0.5, 0.6) is 5.75 Å². The molecule has 3 rings (SSSR count). The van der Waals surface area contributed by atoms with E-state index in [2.05, 4.69) is 5.32 Å². The van der Waals surface area contributed by atoms with Gasteiger partial charge >= 0.3 is 13.2 Å². The highest BCUT2D eigenvalue weighted by molar-refractivity contribution is 6.62. The van der Waals surface area contributed by atoms with Crippen molar-refractivity contribution in [3.63, 3.8) is 0 Å². The molecule has 8 nitrogen and oxygen atoms in total. The van der Waals surface area contributed by atoms with Crippen LogP contribution in [0.15, 0.2) is 18.2 Å². The molecule has 1 N–H and O–H groups in total. The van der Waals surface area contributed by atoms with E-state index in [1.54, 1.807) is 12.0 Å². The molecule has 2 amide bonds. The molecule has 2 saturated heterocycles. The number of hydrogen-bond acceptors (Lipinski definition) is 6. The Morgan fingerprint density at radius 3 is 2.41 bits per heavy atom. The summed E-state index contributed by atoms with van der Waals surface area (Å²) in [5, 5.41) is 2.89. The van der Waals surface area contributed by atoms with Gasteiger partial charge in [-0.05, 0) is 72.8 Å². The van der Waals surface area contributed by atoms with Crippen molar-refractivity contribution in [2.75, 3.05) is 20.2 Å². The second-order valence-corrected chi connectivity index (χ2v) is 11.2. The van der Waals surface area contributed by atoms with E-state index >= 15 is 0 Å². The maximum atomic E-state index is 13.1. The number of carbonyl (C=O) groups excluding carboxylic acids is 2. The molecular formula is C25H39BN2O6. The third-order valence-electron chi connectivity index (χ3n) is 6.67. The van der Waals surface area contributed by atoms with Gasteiger partial charge in [0.25, 0.3) is 0 Å². The van der Waals surface area contributed by atoms with Crippen LogP contribution in [0.3, 0.4) is 0 Å². The minimum absolute atomic E-state index is 0.00243. The number of nitrogens with one attached hydrogen (secondary N) is 1. The Morgan fingerprint density at radius 2 is 1.82 bits per heavy atom. The van der Waals surface area contributed by atoms with E-state index in [0.717, 1.165) is 23.9 Å². The number of piperidine rings is 1. The van der Waals surface area contributed by atoms with Gasteiger partial charge in [0.05, 0.1) is 24.7 Å². The van der Waals surface area contributed by atoms with Crippen LogP contribution in [0.4, 0.5) is 4.79 Å². The van der Waals surface area contributed by atoms with Crippen molar-refractivity contribution < 1.29 is 28.4 Å². The Hall–Kier alpha value is -2.26. The van der Waals surface area contributed by atoms with Crippen molar-refractivity contribution in [2.24, 2.45) is 0 Å². The van der Waals surface area contributed by atoms with Gasteiger partial charge in [0, 0.05) is 24.7 Å². The summed E-state index contributed by atoms with van der Waals surface area (Å²) in [6.45, 7) is 14.7. The topological polar surface area (TPSA) is 86.3 Å². The molecule has 1 aromatic rings. The van der Waals surface area contributed by atoms with Gasteiger partial charge in [-0.1, -0.05) is 12.1 Å². The fourth-order valence-electron chi connectivity index (χ4n) is 4.10. The Labute approximate surface area is 203 Å². The van der Waals surface area contributed by atoms with Gasteiger partial charge in [-0.25, -0.2) is 4.79 Å².